The minimum atomic E-state index is -0.721. The van der Waals surface area contributed by atoms with Crippen molar-refractivity contribution in [1.29, 1.82) is 0 Å². The number of aliphatic hydroxyl groups is 3. The molecule has 0 bridgehead atoms. The van der Waals surface area contributed by atoms with Crippen molar-refractivity contribution >= 4 is 5.91 Å². The number of β-amino-alcohol motifs (C(OH)–C–C–N with tert-alkyl or cyclic N) is 1. The summed E-state index contributed by atoms with van der Waals surface area (Å²) < 4.78 is 0. The lowest BCUT2D eigenvalue weighted by Crippen LogP contribution is -2.46. The Morgan fingerprint density at radius 2 is 1.88 bits per heavy atom. The summed E-state index contributed by atoms with van der Waals surface area (Å²) in [6.45, 7) is 5.29. The maximum Gasteiger partial charge on any atom is 0.224 e. The SMILES string of the molecule is CC(C)(Cc1cccc(CC(=O)NCC2CCCCC2)c1)NC[C@H](O)C1C=C(O)C=C(O)C1. The van der Waals surface area contributed by atoms with Crippen LogP contribution in [0.15, 0.2) is 47.9 Å². The van der Waals surface area contributed by atoms with Crippen LogP contribution in [0.4, 0.5) is 0 Å². The first kappa shape index (κ1) is 25.3. The van der Waals surface area contributed by atoms with E-state index < -0.39 is 6.10 Å². The van der Waals surface area contributed by atoms with Gasteiger partial charge in [0.25, 0.3) is 0 Å². The Kier molecular flexibility index (Phi) is 8.98. The molecule has 182 valence electrons. The molecular weight excluding hydrogens is 416 g/mol. The Morgan fingerprint density at radius 1 is 1.15 bits per heavy atom. The van der Waals surface area contributed by atoms with Crippen LogP contribution in [0.5, 0.6) is 0 Å². The third-order valence-electron chi connectivity index (χ3n) is 6.74. The standard InChI is InChI=1S/C27H40N2O4/c1-27(2,29-18-25(32)22-13-23(30)15-24(31)14-22)16-21-10-6-9-20(11-21)12-26(33)28-17-19-7-4-3-5-8-19/h6,9-11,13,15,19,22,25,29-32H,3-5,7-8,12,14,16-18H2,1-2H3,(H,28,33)/t22?,25-/m0/s1. The van der Waals surface area contributed by atoms with Crippen molar-refractivity contribution in [2.24, 2.45) is 11.8 Å². The fraction of sp³-hybridized carbons (Fsp3) is 0.593. The van der Waals surface area contributed by atoms with Gasteiger partial charge in [-0.25, -0.2) is 0 Å². The predicted molar refractivity (Wildman–Crippen MR) is 131 cm³/mol. The molecule has 5 N–H and O–H groups in total. The predicted octanol–water partition coefficient (Wildman–Crippen LogP) is 4.10. The van der Waals surface area contributed by atoms with Gasteiger partial charge in [-0.1, -0.05) is 43.5 Å². The van der Waals surface area contributed by atoms with Gasteiger partial charge >= 0.3 is 0 Å². The normalized spacial score (nSPS) is 20.6. The van der Waals surface area contributed by atoms with E-state index >= 15 is 0 Å². The number of carbonyl (C=O) groups is 1. The lowest BCUT2D eigenvalue weighted by molar-refractivity contribution is -0.120. The number of amides is 1. The Hall–Kier alpha value is -2.31. The first-order valence-electron chi connectivity index (χ1n) is 12.3. The molecule has 1 fully saturated rings. The van der Waals surface area contributed by atoms with Crippen LogP contribution in [-0.2, 0) is 17.6 Å². The molecule has 2 atom stereocenters. The number of nitrogens with one attached hydrogen (secondary N) is 2. The van der Waals surface area contributed by atoms with Gasteiger partial charge in [0.15, 0.2) is 0 Å². The van der Waals surface area contributed by atoms with Crippen LogP contribution in [0.25, 0.3) is 0 Å². The van der Waals surface area contributed by atoms with Gasteiger partial charge < -0.3 is 26.0 Å². The van der Waals surface area contributed by atoms with Gasteiger partial charge in [-0.3, -0.25) is 4.79 Å². The van der Waals surface area contributed by atoms with Crippen LogP contribution in [0.1, 0.15) is 63.5 Å². The van der Waals surface area contributed by atoms with Gasteiger partial charge in [0.2, 0.25) is 5.91 Å². The van der Waals surface area contributed by atoms with E-state index in [1.807, 2.05) is 12.1 Å². The monoisotopic (exact) mass is 456 g/mol. The molecule has 0 saturated heterocycles. The molecule has 1 saturated carbocycles. The molecule has 33 heavy (non-hydrogen) atoms. The van der Waals surface area contributed by atoms with Crippen molar-refractivity contribution in [3.05, 3.63) is 59.1 Å². The summed E-state index contributed by atoms with van der Waals surface area (Å²) in [7, 11) is 0. The first-order valence-corrected chi connectivity index (χ1v) is 12.3. The molecule has 6 nitrogen and oxygen atoms in total. The van der Waals surface area contributed by atoms with Crippen LogP contribution in [-0.4, -0.2) is 46.0 Å². The molecular formula is C27H40N2O4. The van der Waals surface area contributed by atoms with Crippen LogP contribution < -0.4 is 10.6 Å². The van der Waals surface area contributed by atoms with Gasteiger partial charge in [0, 0.05) is 37.0 Å². The van der Waals surface area contributed by atoms with Crippen molar-refractivity contribution < 1.29 is 20.1 Å². The quantitative estimate of drug-likeness (QED) is 0.365. The maximum atomic E-state index is 12.4. The smallest absolute Gasteiger partial charge is 0.224 e. The van der Waals surface area contributed by atoms with Crippen molar-refractivity contribution in [1.82, 2.24) is 10.6 Å². The van der Waals surface area contributed by atoms with Gasteiger partial charge in [-0.05, 0) is 56.2 Å². The number of carbonyl (C=O) groups excluding carboxylic acids is 1. The number of hydrogen-bond acceptors (Lipinski definition) is 5. The van der Waals surface area contributed by atoms with E-state index in [9.17, 15) is 20.1 Å². The summed E-state index contributed by atoms with van der Waals surface area (Å²) >= 11 is 0. The van der Waals surface area contributed by atoms with Gasteiger partial charge in [0.05, 0.1) is 18.3 Å². The summed E-state index contributed by atoms with van der Waals surface area (Å²) in [5.41, 5.74) is 1.87. The molecule has 6 heteroatoms. The Labute approximate surface area is 197 Å². The molecule has 1 unspecified atom stereocenters. The number of benzene rings is 1. The van der Waals surface area contributed by atoms with Crippen molar-refractivity contribution in [3.63, 3.8) is 0 Å². The first-order chi connectivity index (χ1) is 15.7. The molecule has 0 spiro atoms. The molecule has 1 aromatic carbocycles. The maximum absolute atomic E-state index is 12.4. The number of allylic oxidation sites excluding steroid dienone is 2. The van der Waals surface area contributed by atoms with E-state index in [0.29, 0.717) is 25.3 Å². The van der Waals surface area contributed by atoms with Crippen LogP contribution in [0.2, 0.25) is 0 Å². The molecule has 1 amide bonds. The fourth-order valence-corrected chi connectivity index (χ4v) is 4.90. The van der Waals surface area contributed by atoms with E-state index in [4.69, 9.17) is 0 Å². The second-order valence-electron chi connectivity index (χ2n) is 10.4. The largest absolute Gasteiger partial charge is 0.512 e. The topological polar surface area (TPSA) is 102 Å². The highest BCUT2D eigenvalue weighted by atomic mass is 16.3. The van der Waals surface area contributed by atoms with E-state index in [0.717, 1.165) is 24.1 Å². The Morgan fingerprint density at radius 3 is 2.61 bits per heavy atom. The zero-order chi connectivity index (χ0) is 23.8. The average Bonchev–Trinajstić information content (AvgIpc) is 2.76. The van der Waals surface area contributed by atoms with Crippen molar-refractivity contribution in [2.45, 2.75) is 76.9 Å². The van der Waals surface area contributed by atoms with Crippen molar-refractivity contribution in [3.8, 4) is 0 Å². The minimum Gasteiger partial charge on any atom is -0.512 e. The molecule has 0 heterocycles. The Bertz CT molecular complexity index is 855. The summed E-state index contributed by atoms with van der Waals surface area (Å²) in [4.78, 5) is 12.4. The van der Waals surface area contributed by atoms with Crippen molar-refractivity contribution in [2.75, 3.05) is 13.1 Å². The van der Waals surface area contributed by atoms with Crippen LogP contribution in [0.3, 0.4) is 0 Å². The lowest BCUT2D eigenvalue weighted by atomic mass is 9.89. The zero-order valence-corrected chi connectivity index (χ0v) is 20.0. The highest BCUT2D eigenvalue weighted by Gasteiger charge is 2.25. The molecule has 2 aliphatic carbocycles. The third kappa shape index (κ3) is 8.52. The van der Waals surface area contributed by atoms with Gasteiger partial charge in [-0.2, -0.15) is 0 Å². The zero-order valence-electron chi connectivity index (χ0n) is 20.0. The minimum absolute atomic E-state index is 0.0124. The van der Waals surface area contributed by atoms with Gasteiger partial charge in [0.1, 0.15) is 5.76 Å². The molecule has 2 aliphatic rings. The molecule has 0 aliphatic heterocycles. The Balaban J connectivity index is 1.46. The number of aliphatic hydroxyl groups excluding tert-OH is 3. The van der Waals surface area contributed by atoms with E-state index in [-0.39, 0.29) is 28.9 Å². The summed E-state index contributed by atoms with van der Waals surface area (Å²) in [6.07, 6.45) is 9.96. The molecule has 0 aromatic heterocycles. The number of hydrogen-bond donors (Lipinski definition) is 5. The second-order valence-corrected chi connectivity index (χ2v) is 10.4. The fourth-order valence-electron chi connectivity index (χ4n) is 4.90. The number of rotatable bonds is 10. The summed E-state index contributed by atoms with van der Waals surface area (Å²) in [5, 5.41) is 36.4. The summed E-state index contributed by atoms with van der Waals surface area (Å²) in [6, 6.07) is 8.14. The molecule has 1 aromatic rings. The third-order valence-corrected chi connectivity index (χ3v) is 6.74. The van der Waals surface area contributed by atoms with Crippen LogP contribution in [0, 0.1) is 11.8 Å². The molecule has 0 radical (unpaired) electrons. The van der Waals surface area contributed by atoms with Gasteiger partial charge in [-0.15, -0.1) is 0 Å². The van der Waals surface area contributed by atoms with E-state index in [1.54, 1.807) is 6.08 Å². The summed E-state index contributed by atoms with van der Waals surface area (Å²) in [5.74, 6) is 0.456. The highest BCUT2D eigenvalue weighted by Crippen LogP contribution is 2.24. The van der Waals surface area contributed by atoms with E-state index in [1.165, 1.54) is 38.2 Å². The lowest BCUT2D eigenvalue weighted by Gasteiger charge is -2.30. The van der Waals surface area contributed by atoms with Crippen LogP contribution >= 0.6 is 0 Å². The second kappa shape index (κ2) is 11.7. The highest BCUT2D eigenvalue weighted by molar-refractivity contribution is 5.78. The van der Waals surface area contributed by atoms with E-state index in [2.05, 4.69) is 36.6 Å². The molecule has 3 rings (SSSR count). The average molecular weight is 457 g/mol.